The van der Waals surface area contributed by atoms with Crippen LogP contribution in [-0.4, -0.2) is 29.6 Å². The number of rotatable bonds is 2. The van der Waals surface area contributed by atoms with Gasteiger partial charge in [-0.25, -0.2) is 4.79 Å². The second kappa shape index (κ2) is 5.32. The van der Waals surface area contributed by atoms with E-state index in [9.17, 15) is 4.79 Å². The molecule has 0 radical (unpaired) electrons. The van der Waals surface area contributed by atoms with Gasteiger partial charge >= 0.3 is 5.97 Å². The van der Waals surface area contributed by atoms with E-state index in [1.54, 1.807) is 0 Å². The van der Waals surface area contributed by atoms with Gasteiger partial charge in [-0.1, -0.05) is 18.2 Å². The molecule has 0 atom stereocenters. The van der Waals surface area contributed by atoms with Crippen molar-refractivity contribution in [2.24, 2.45) is 0 Å². The zero-order valence-corrected chi connectivity index (χ0v) is 12.0. The molecule has 0 spiro atoms. The maximum Gasteiger partial charge on any atom is 0.355 e. The molecule has 0 aliphatic carbocycles. The molecule has 4 nitrogen and oxygen atoms in total. The van der Waals surface area contributed by atoms with Gasteiger partial charge < -0.3 is 14.2 Å². The number of methoxy groups -OCH3 is 1. The Morgan fingerprint density at radius 3 is 2.52 bits per heavy atom. The van der Waals surface area contributed by atoms with Gasteiger partial charge in [0.05, 0.1) is 12.6 Å². The van der Waals surface area contributed by atoms with Crippen molar-refractivity contribution < 1.29 is 9.53 Å². The van der Waals surface area contributed by atoms with E-state index >= 15 is 0 Å². The Balaban J connectivity index is 2.22. The van der Waals surface area contributed by atoms with Crippen LogP contribution >= 0.6 is 0 Å². The Morgan fingerprint density at radius 1 is 1.10 bits per heavy atom. The fraction of sp³-hybridized carbons (Fsp3) is 0.118. The van der Waals surface area contributed by atoms with Crippen LogP contribution in [0.4, 0.5) is 0 Å². The number of allylic oxidation sites excluding steroid dienone is 3. The number of ether oxygens (including phenoxy) is 1. The summed E-state index contributed by atoms with van der Waals surface area (Å²) in [5, 5.41) is 1.08. The maximum absolute atomic E-state index is 12.3. The van der Waals surface area contributed by atoms with Gasteiger partial charge in [-0.05, 0) is 29.7 Å². The molecule has 0 N–H and O–H groups in total. The van der Waals surface area contributed by atoms with Crippen LogP contribution in [0.25, 0.3) is 16.6 Å². The molecule has 1 aromatic carbocycles. The summed E-state index contributed by atoms with van der Waals surface area (Å²) in [6, 6.07) is 9.93. The van der Waals surface area contributed by atoms with Crippen molar-refractivity contribution >= 4 is 22.6 Å². The number of esters is 1. The van der Waals surface area contributed by atoms with Gasteiger partial charge in [-0.2, -0.15) is 0 Å². The first kappa shape index (κ1) is 13.2. The zero-order chi connectivity index (χ0) is 14.8. The smallest absolute Gasteiger partial charge is 0.355 e. The van der Waals surface area contributed by atoms with Gasteiger partial charge in [0.2, 0.25) is 0 Å². The van der Waals surface area contributed by atoms with Crippen molar-refractivity contribution in [3.63, 3.8) is 0 Å². The lowest BCUT2D eigenvalue weighted by molar-refractivity contribution is -0.134. The summed E-state index contributed by atoms with van der Waals surface area (Å²) in [6.45, 7) is 0. The van der Waals surface area contributed by atoms with Crippen LogP contribution in [0.1, 0.15) is 0 Å². The fourth-order valence-electron chi connectivity index (χ4n) is 2.39. The molecule has 3 rings (SSSR count). The van der Waals surface area contributed by atoms with E-state index in [2.05, 4.69) is 0 Å². The minimum absolute atomic E-state index is 0.356. The van der Waals surface area contributed by atoms with Gasteiger partial charge in [0.25, 0.3) is 0 Å². The summed E-state index contributed by atoms with van der Waals surface area (Å²) in [5.41, 5.74) is 2.31. The van der Waals surface area contributed by atoms with Gasteiger partial charge in [0, 0.05) is 31.2 Å². The number of hydrogen-bond acceptors (Lipinski definition) is 3. The molecule has 0 bridgehead atoms. The third-order valence-corrected chi connectivity index (χ3v) is 3.47. The number of hydrogen-bond donors (Lipinski definition) is 0. The number of carbonyl (C=O) groups is 1. The van der Waals surface area contributed by atoms with Crippen LogP contribution in [-0.2, 0) is 9.53 Å². The van der Waals surface area contributed by atoms with E-state index < -0.39 is 0 Å². The molecule has 2 heterocycles. The van der Waals surface area contributed by atoms with E-state index in [1.165, 1.54) is 7.11 Å². The minimum Gasteiger partial charge on any atom is -0.464 e. The van der Waals surface area contributed by atoms with Crippen molar-refractivity contribution in [3.05, 3.63) is 66.7 Å². The molecule has 1 aliphatic rings. The molecule has 0 saturated carbocycles. The van der Waals surface area contributed by atoms with Crippen LogP contribution < -0.4 is 0 Å². The number of fused-ring (bicyclic) bond motifs is 1. The number of benzene rings is 1. The molecule has 21 heavy (non-hydrogen) atoms. The highest BCUT2D eigenvalue weighted by atomic mass is 16.5. The molecule has 1 aliphatic heterocycles. The number of para-hydroxylation sites is 1. The largest absolute Gasteiger partial charge is 0.464 e. The lowest BCUT2D eigenvalue weighted by Gasteiger charge is -2.16. The quantitative estimate of drug-likeness (QED) is 0.626. The zero-order valence-electron chi connectivity index (χ0n) is 12.0. The molecule has 0 saturated heterocycles. The number of nitrogens with zero attached hydrogens (tertiary/aromatic N) is 2. The SMILES string of the molecule is COC(=O)C(=C1C=CN(C)C=C1)n1ccc2ccccc21. The van der Waals surface area contributed by atoms with Gasteiger partial charge in [0.1, 0.15) is 5.70 Å². The Bertz CT molecular complexity index is 765. The van der Waals surface area contributed by atoms with Gasteiger partial charge in [-0.15, -0.1) is 0 Å². The predicted molar refractivity (Wildman–Crippen MR) is 83.2 cm³/mol. The highest BCUT2D eigenvalue weighted by Crippen LogP contribution is 2.25. The first-order valence-corrected chi connectivity index (χ1v) is 6.68. The van der Waals surface area contributed by atoms with Crippen LogP contribution in [0.15, 0.2) is 66.7 Å². The summed E-state index contributed by atoms with van der Waals surface area (Å²) in [5.74, 6) is -0.356. The Labute approximate surface area is 123 Å². The lowest BCUT2D eigenvalue weighted by Crippen LogP contribution is -2.13. The van der Waals surface area contributed by atoms with E-state index in [1.807, 2.05) is 77.6 Å². The highest BCUT2D eigenvalue weighted by Gasteiger charge is 2.18. The van der Waals surface area contributed by atoms with E-state index in [0.717, 1.165) is 16.5 Å². The number of carbonyl (C=O) groups excluding carboxylic acids is 1. The van der Waals surface area contributed by atoms with E-state index in [-0.39, 0.29) is 5.97 Å². The Morgan fingerprint density at radius 2 is 1.81 bits per heavy atom. The molecular weight excluding hydrogens is 264 g/mol. The average Bonchev–Trinajstić information content (AvgIpc) is 2.93. The van der Waals surface area contributed by atoms with E-state index in [4.69, 9.17) is 4.74 Å². The molecular formula is C17H16N2O2. The van der Waals surface area contributed by atoms with Gasteiger partial charge in [0.15, 0.2) is 0 Å². The first-order chi connectivity index (χ1) is 10.2. The van der Waals surface area contributed by atoms with Crippen molar-refractivity contribution in [2.45, 2.75) is 0 Å². The first-order valence-electron chi connectivity index (χ1n) is 6.68. The summed E-state index contributed by atoms with van der Waals surface area (Å²) in [7, 11) is 3.34. The maximum atomic E-state index is 12.3. The number of aromatic nitrogens is 1. The molecule has 0 amide bonds. The molecule has 106 valence electrons. The Kier molecular flexibility index (Phi) is 3.36. The molecule has 4 heteroatoms. The van der Waals surface area contributed by atoms with Crippen LogP contribution in [0, 0.1) is 0 Å². The molecule has 2 aromatic rings. The second-order valence-electron chi connectivity index (χ2n) is 4.84. The topological polar surface area (TPSA) is 34.5 Å². The average molecular weight is 280 g/mol. The molecule has 0 fully saturated rings. The third kappa shape index (κ3) is 2.36. The van der Waals surface area contributed by atoms with Crippen LogP contribution in [0.3, 0.4) is 0 Å². The third-order valence-electron chi connectivity index (χ3n) is 3.47. The van der Waals surface area contributed by atoms with Crippen LogP contribution in [0.2, 0.25) is 0 Å². The fourth-order valence-corrected chi connectivity index (χ4v) is 2.39. The predicted octanol–water partition coefficient (Wildman–Crippen LogP) is 3.00. The van der Waals surface area contributed by atoms with Gasteiger partial charge in [-0.3, -0.25) is 0 Å². The van der Waals surface area contributed by atoms with E-state index in [0.29, 0.717) is 5.70 Å². The highest BCUT2D eigenvalue weighted by molar-refractivity contribution is 6.14. The monoisotopic (exact) mass is 280 g/mol. The summed E-state index contributed by atoms with van der Waals surface area (Å²) in [4.78, 5) is 14.2. The standard InChI is InChI=1S/C17H16N2O2/c1-18-10-7-14(8-11-18)16(17(20)21-2)19-12-9-13-5-3-4-6-15(13)19/h3-12H,1-2H3. The summed E-state index contributed by atoms with van der Waals surface area (Å²) < 4.78 is 6.84. The van der Waals surface area contributed by atoms with Crippen molar-refractivity contribution in [3.8, 4) is 0 Å². The van der Waals surface area contributed by atoms with Crippen molar-refractivity contribution in [1.82, 2.24) is 9.47 Å². The molecule has 0 unspecified atom stereocenters. The van der Waals surface area contributed by atoms with Crippen LogP contribution in [0.5, 0.6) is 0 Å². The van der Waals surface area contributed by atoms with Crippen molar-refractivity contribution in [1.29, 1.82) is 0 Å². The summed E-state index contributed by atoms with van der Waals surface area (Å²) in [6.07, 6.45) is 9.51. The normalized spacial score (nSPS) is 13.8. The Hall–Kier alpha value is -2.75. The second-order valence-corrected chi connectivity index (χ2v) is 4.84. The summed E-state index contributed by atoms with van der Waals surface area (Å²) >= 11 is 0. The minimum atomic E-state index is -0.356. The van der Waals surface area contributed by atoms with Crippen molar-refractivity contribution in [2.75, 3.05) is 14.2 Å². The lowest BCUT2D eigenvalue weighted by atomic mass is 10.1. The molecule has 1 aromatic heterocycles.